The van der Waals surface area contributed by atoms with Crippen molar-refractivity contribution in [2.75, 3.05) is 43.0 Å². The molecule has 5 nitrogen and oxygen atoms in total. The summed E-state index contributed by atoms with van der Waals surface area (Å²) in [4.78, 5) is 16.8. The number of hydrogen-bond donors (Lipinski definition) is 2. The number of anilines is 2. The molecule has 2 aliphatic rings. The fraction of sp³-hybridized carbons (Fsp3) is 0.611. The molecule has 3 rings (SSSR count). The molecule has 0 radical (unpaired) electrons. The molecule has 2 saturated heterocycles. The molecule has 0 unspecified atom stereocenters. The fourth-order valence-corrected chi connectivity index (χ4v) is 3.50. The molecule has 2 fully saturated rings. The van der Waals surface area contributed by atoms with Crippen molar-refractivity contribution in [1.29, 1.82) is 0 Å². The van der Waals surface area contributed by atoms with Gasteiger partial charge in [0.05, 0.1) is 11.4 Å². The molecular formula is C18H27N3O2. The lowest BCUT2D eigenvalue weighted by molar-refractivity contribution is 0.143. The Hall–Kier alpha value is -1.75. The van der Waals surface area contributed by atoms with Crippen LogP contribution in [0.2, 0.25) is 0 Å². The van der Waals surface area contributed by atoms with Crippen LogP contribution in [0.15, 0.2) is 24.3 Å². The maximum Gasteiger partial charge on any atom is 0.321 e. The van der Waals surface area contributed by atoms with Gasteiger partial charge >= 0.3 is 6.03 Å². The van der Waals surface area contributed by atoms with E-state index in [1.165, 1.54) is 19.3 Å². The minimum absolute atomic E-state index is 0.0224. The maximum atomic E-state index is 12.5. The zero-order valence-corrected chi connectivity index (χ0v) is 13.7. The van der Waals surface area contributed by atoms with E-state index in [-0.39, 0.29) is 12.6 Å². The Morgan fingerprint density at radius 1 is 1.09 bits per heavy atom. The van der Waals surface area contributed by atoms with E-state index in [2.05, 4.69) is 16.3 Å². The number of carbonyl (C=O) groups is 1. The molecule has 1 aromatic carbocycles. The maximum absolute atomic E-state index is 12.5. The normalized spacial score (nSPS) is 19.7. The van der Waals surface area contributed by atoms with Gasteiger partial charge in [-0.15, -0.1) is 0 Å². The molecule has 23 heavy (non-hydrogen) atoms. The number of carbonyl (C=O) groups excluding carboxylic acids is 1. The van der Waals surface area contributed by atoms with Gasteiger partial charge in [0.25, 0.3) is 0 Å². The summed E-state index contributed by atoms with van der Waals surface area (Å²) in [6.45, 7) is 3.81. The lowest BCUT2D eigenvalue weighted by atomic mass is 9.98. The second-order valence-corrected chi connectivity index (χ2v) is 6.61. The van der Waals surface area contributed by atoms with Crippen LogP contribution in [0.4, 0.5) is 16.2 Å². The van der Waals surface area contributed by atoms with Crippen LogP contribution in [0.5, 0.6) is 0 Å². The van der Waals surface area contributed by atoms with Crippen LogP contribution in [0.1, 0.15) is 32.1 Å². The molecule has 2 N–H and O–H groups in total. The summed E-state index contributed by atoms with van der Waals surface area (Å²) in [6, 6.07) is 8.07. The van der Waals surface area contributed by atoms with Gasteiger partial charge in [0.2, 0.25) is 0 Å². The number of rotatable bonds is 3. The van der Waals surface area contributed by atoms with Gasteiger partial charge in [-0.05, 0) is 50.2 Å². The van der Waals surface area contributed by atoms with Crippen LogP contribution in [0.3, 0.4) is 0 Å². The summed E-state index contributed by atoms with van der Waals surface area (Å²) >= 11 is 0. The van der Waals surface area contributed by atoms with Crippen molar-refractivity contribution < 1.29 is 9.90 Å². The Labute approximate surface area is 138 Å². The van der Waals surface area contributed by atoms with Crippen molar-refractivity contribution in [3.63, 3.8) is 0 Å². The van der Waals surface area contributed by atoms with Gasteiger partial charge in [-0.3, -0.25) is 0 Å². The summed E-state index contributed by atoms with van der Waals surface area (Å²) in [5.74, 6) is 0.347. The fourth-order valence-electron chi connectivity index (χ4n) is 3.50. The van der Waals surface area contributed by atoms with Crippen LogP contribution in [-0.2, 0) is 0 Å². The Morgan fingerprint density at radius 3 is 2.48 bits per heavy atom. The first-order chi connectivity index (χ1) is 11.3. The molecular weight excluding hydrogens is 290 g/mol. The second kappa shape index (κ2) is 7.68. The number of piperidine rings is 2. The Balaban J connectivity index is 1.64. The predicted molar refractivity (Wildman–Crippen MR) is 92.9 cm³/mol. The van der Waals surface area contributed by atoms with Crippen LogP contribution in [0.25, 0.3) is 0 Å². The summed E-state index contributed by atoms with van der Waals surface area (Å²) in [7, 11) is 0. The van der Waals surface area contributed by atoms with E-state index in [1.807, 2.05) is 23.1 Å². The molecule has 2 heterocycles. The quantitative estimate of drug-likeness (QED) is 0.901. The van der Waals surface area contributed by atoms with Gasteiger partial charge in [0.15, 0.2) is 0 Å². The highest BCUT2D eigenvalue weighted by atomic mass is 16.3. The Bertz CT molecular complexity index is 521. The second-order valence-electron chi connectivity index (χ2n) is 6.61. The van der Waals surface area contributed by atoms with Crippen LogP contribution in [0, 0.1) is 5.92 Å². The lowest BCUT2D eigenvalue weighted by Gasteiger charge is -2.33. The molecule has 126 valence electrons. The number of nitrogens with zero attached hydrogens (tertiary/aromatic N) is 2. The van der Waals surface area contributed by atoms with E-state index in [1.54, 1.807) is 0 Å². The van der Waals surface area contributed by atoms with Gasteiger partial charge in [-0.1, -0.05) is 12.1 Å². The lowest BCUT2D eigenvalue weighted by Crippen LogP contribution is -2.42. The van der Waals surface area contributed by atoms with Crippen molar-refractivity contribution in [1.82, 2.24) is 4.90 Å². The highest BCUT2D eigenvalue weighted by molar-refractivity contribution is 5.93. The van der Waals surface area contributed by atoms with E-state index in [4.69, 9.17) is 0 Å². The van der Waals surface area contributed by atoms with Crippen molar-refractivity contribution in [2.24, 2.45) is 5.92 Å². The Morgan fingerprint density at radius 2 is 1.78 bits per heavy atom. The van der Waals surface area contributed by atoms with E-state index >= 15 is 0 Å². The molecule has 2 amide bonds. The van der Waals surface area contributed by atoms with Gasteiger partial charge in [0.1, 0.15) is 0 Å². The average Bonchev–Trinajstić information content (AvgIpc) is 2.63. The molecule has 0 spiro atoms. The summed E-state index contributed by atoms with van der Waals surface area (Å²) in [5, 5.41) is 12.3. The zero-order chi connectivity index (χ0) is 16.1. The number of hydrogen-bond acceptors (Lipinski definition) is 3. The first-order valence-corrected chi connectivity index (χ1v) is 8.78. The van der Waals surface area contributed by atoms with E-state index in [9.17, 15) is 9.90 Å². The third-order valence-corrected chi connectivity index (χ3v) is 5.00. The highest BCUT2D eigenvalue weighted by Gasteiger charge is 2.23. The predicted octanol–water partition coefficient (Wildman–Crippen LogP) is 2.91. The monoisotopic (exact) mass is 317 g/mol. The molecule has 0 aliphatic carbocycles. The van der Waals surface area contributed by atoms with E-state index in [0.717, 1.165) is 50.4 Å². The molecule has 0 aromatic heterocycles. The zero-order valence-electron chi connectivity index (χ0n) is 13.7. The SMILES string of the molecule is O=C(Nc1ccccc1N1CCCCC1)N1CCC(CO)CC1. The third-order valence-electron chi connectivity index (χ3n) is 5.00. The van der Waals surface area contributed by atoms with Gasteiger partial charge in [0, 0.05) is 32.8 Å². The Kier molecular flexibility index (Phi) is 5.39. The number of amides is 2. The van der Waals surface area contributed by atoms with Crippen molar-refractivity contribution in [3.8, 4) is 0 Å². The van der Waals surface area contributed by atoms with E-state index < -0.39 is 0 Å². The van der Waals surface area contributed by atoms with Gasteiger partial charge < -0.3 is 20.2 Å². The number of likely N-dealkylation sites (tertiary alicyclic amines) is 1. The van der Waals surface area contributed by atoms with Crippen molar-refractivity contribution in [3.05, 3.63) is 24.3 Å². The molecule has 1 aromatic rings. The molecule has 5 heteroatoms. The van der Waals surface area contributed by atoms with Crippen LogP contribution < -0.4 is 10.2 Å². The van der Waals surface area contributed by atoms with Crippen LogP contribution in [-0.4, -0.2) is 48.8 Å². The first-order valence-electron chi connectivity index (χ1n) is 8.78. The first kappa shape index (κ1) is 16.1. The average molecular weight is 317 g/mol. The number of nitrogens with one attached hydrogen (secondary N) is 1. The smallest absolute Gasteiger partial charge is 0.321 e. The summed E-state index contributed by atoms with van der Waals surface area (Å²) in [6.07, 6.45) is 5.51. The number of aliphatic hydroxyl groups excluding tert-OH is 1. The number of para-hydroxylation sites is 2. The molecule has 0 atom stereocenters. The molecule has 0 saturated carbocycles. The standard InChI is InChI=1S/C18H27N3O2/c22-14-15-8-12-21(13-9-15)18(23)19-16-6-2-3-7-17(16)20-10-4-1-5-11-20/h2-3,6-7,15,22H,1,4-5,8-14H2,(H,19,23). The highest BCUT2D eigenvalue weighted by Crippen LogP contribution is 2.28. The topological polar surface area (TPSA) is 55.8 Å². The summed E-state index contributed by atoms with van der Waals surface area (Å²) < 4.78 is 0. The third kappa shape index (κ3) is 3.96. The largest absolute Gasteiger partial charge is 0.396 e. The number of aliphatic hydroxyl groups is 1. The van der Waals surface area contributed by atoms with E-state index in [0.29, 0.717) is 5.92 Å². The summed E-state index contributed by atoms with van der Waals surface area (Å²) in [5.41, 5.74) is 2.04. The van der Waals surface area contributed by atoms with Crippen molar-refractivity contribution in [2.45, 2.75) is 32.1 Å². The number of benzene rings is 1. The van der Waals surface area contributed by atoms with Gasteiger partial charge in [-0.2, -0.15) is 0 Å². The van der Waals surface area contributed by atoms with Crippen molar-refractivity contribution >= 4 is 17.4 Å². The van der Waals surface area contributed by atoms with Crippen LogP contribution >= 0.6 is 0 Å². The minimum Gasteiger partial charge on any atom is -0.396 e. The number of urea groups is 1. The molecule has 2 aliphatic heterocycles. The molecule has 0 bridgehead atoms. The van der Waals surface area contributed by atoms with Gasteiger partial charge in [-0.25, -0.2) is 4.79 Å². The minimum atomic E-state index is -0.0224.